The highest BCUT2D eigenvalue weighted by molar-refractivity contribution is 5.81. The molecule has 0 saturated heterocycles. The lowest BCUT2D eigenvalue weighted by Gasteiger charge is -1.98. The van der Waals surface area contributed by atoms with Crippen LogP contribution in [-0.4, -0.2) is 31.1 Å². The fraction of sp³-hybridized carbons (Fsp3) is 0.444. The topological polar surface area (TPSA) is 97.6 Å². The first-order valence-corrected chi connectivity index (χ1v) is 4.88. The van der Waals surface area contributed by atoms with E-state index >= 15 is 0 Å². The van der Waals surface area contributed by atoms with Gasteiger partial charge >= 0.3 is 0 Å². The van der Waals surface area contributed by atoms with Crippen LogP contribution in [0.3, 0.4) is 0 Å². The number of nitrogens with zero attached hydrogens (tertiary/aromatic N) is 4. The van der Waals surface area contributed by atoms with Gasteiger partial charge in [-0.1, -0.05) is 19.0 Å². The minimum Gasteiger partial charge on any atom is -0.338 e. The monoisotopic (exact) mass is 221 g/mol. The SMILES string of the molecule is CC(C)C(=O)Cc1nc(-c2ncn[nH]2)no1. The first-order valence-electron chi connectivity index (χ1n) is 4.88. The van der Waals surface area contributed by atoms with Crippen molar-refractivity contribution in [2.45, 2.75) is 20.3 Å². The summed E-state index contributed by atoms with van der Waals surface area (Å²) in [5, 5.41) is 9.98. The van der Waals surface area contributed by atoms with Crippen molar-refractivity contribution >= 4 is 5.78 Å². The maximum atomic E-state index is 11.4. The molecule has 0 bridgehead atoms. The molecule has 1 N–H and O–H groups in total. The average molecular weight is 221 g/mol. The summed E-state index contributed by atoms with van der Waals surface area (Å²) in [5.74, 6) is 1.05. The third-order valence-electron chi connectivity index (χ3n) is 2.06. The predicted molar refractivity (Wildman–Crippen MR) is 53.2 cm³/mol. The second kappa shape index (κ2) is 4.21. The van der Waals surface area contributed by atoms with Gasteiger partial charge in [-0.2, -0.15) is 10.1 Å². The highest BCUT2D eigenvalue weighted by Gasteiger charge is 2.15. The van der Waals surface area contributed by atoms with Crippen LogP contribution in [0, 0.1) is 5.92 Å². The van der Waals surface area contributed by atoms with E-state index in [1.54, 1.807) is 0 Å². The van der Waals surface area contributed by atoms with Gasteiger partial charge in [0, 0.05) is 5.92 Å². The van der Waals surface area contributed by atoms with Gasteiger partial charge in [-0.3, -0.25) is 9.89 Å². The summed E-state index contributed by atoms with van der Waals surface area (Å²) in [6, 6.07) is 0. The molecule has 0 aliphatic carbocycles. The Balaban J connectivity index is 2.11. The lowest BCUT2D eigenvalue weighted by molar-refractivity contribution is -0.121. The van der Waals surface area contributed by atoms with Crippen molar-refractivity contribution in [1.82, 2.24) is 25.3 Å². The quantitative estimate of drug-likeness (QED) is 0.812. The molecule has 84 valence electrons. The highest BCUT2D eigenvalue weighted by atomic mass is 16.5. The molecule has 0 radical (unpaired) electrons. The summed E-state index contributed by atoms with van der Waals surface area (Å²) in [6.45, 7) is 3.66. The molecule has 0 unspecified atom stereocenters. The molecule has 0 aromatic carbocycles. The smallest absolute Gasteiger partial charge is 0.239 e. The maximum Gasteiger partial charge on any atom is 0.239 e. The normalized spacial score (nSPS) is 10.9. The molecule has 0 fully saturated rings. The van der Waals surface area contributed by atoms with E-state index in [0.29, 0.717) is 17.5 Å². The second-order valence-corrected chi connectivity index (χ2v) is 3.64. The number of hydrogen-bond donors (Lipinski definition) is 1. The van der Waals surface area contributed by atoms with Crippen molar-refractivity contribution in [3.05, 3.63) is 12.2 Å². The predicted octanol–water partition coefficient (Wildman–Crippen LogP) is 0.622. The van der Waals surface area contributed by atoms with E-state index in [1.165, 1.54) is 6.33 Å². The molecule has 0 amide bonds. The number of nitrogens with one attached hydrogen (secondary N) is 1. The van der Waals surface area contributed by atoms with Crippen LogP contribution in [0.5, 0.6) is 0 Å². The van der Waals surface area contributed by atoms with Crippen LogP contribution in [0.4, 0.5) is 0 Å². The Kier molecular flexibility index (Phi) is 2.76. The zero-order valence-electron chi connectivity index (χ0n) is 8.97. The third-order valence-corrected chi connectivity index (χ3v) is 2.06. The van der Waals surface area contributed by atoms with Crippen LogP contribution >= 0.6 is 0 Å². The molecule has 0 saturated carbocycles. The lowest BCUT2D eigenvalue weighted by atomic mass is 10.1. The molecule has 7 heteroatoms. The van der Waals surface area contributed by atoms with Gasteiger partial charge in [0.1, 0.15) is 12.1 Å². The Morgan fingerprint density at radius 2 is 2.38 bits per heavy atom. The van der Waals surface area contributed by atoms with Gasteiger partial charge in [0.05, 0.1) is 6.42 Å². The summed E-state index contributed by atoms with van der Waals surface area (Å²) < 4.78 is 4.94. The maximum absolute atomic E-state index is 11.4. The van der Waals surface area contributed by atoms with Crippen LogP contribution in [-0.2, 0) is 11.2 Å². The number of H-pyrrole nitrogens is 1. The zero-order chi connectivity index (χ0) is 11.5. The molecule has 0 aliphatic heterocycles. The summed E-state index contributed by atoms with van der Waals surface area (Å²) in [4.78, 5) is 19.4. The average Bonchev–Trinajstić information content (AvgIpc) is 2.85. The lowest BCUT2D eigenvalue weighted by Crippen LogP contribution is -2.10. The van der Waals surface area contributed by atoms with E-state index in [2.05, 4.69) is 25.3 Å². The van der Waals surface area contributed by atoms with Crippen molar-refractivity contribution in [3.8, 4) is 11.6 Å². The van der Waals surface area contributed by atoms with E-state index < -0.39 is 0 Å². The highest BCUT2D eigenvalue weighted by Crippen LogP contribution is 2.10. The van der Waals surface area contributed by atoms with E-state index in [-0.39, 0.29) is 18.1 Å². The molecule has 2 rings (SSSR count). The number of rotatable bonds is 4. The molecule has 16 heavy (non-hydrogen) atoms. The van der Waals surface area contributed by atoms with Crippen LogP contribution < -0.4 is 0 Å². The third kappa shape index (κ3) is 2.13. The van der Waals surface area contributed by atoms with Gasteiger partial charge in [0.15, 0.2) is 5.82 Å². The van der Waals surface area contributed by atoms with Crippen molar-refractivity contribution in [2.24, 2.45) is 5.92 Å². The number of carbonyl (C=O) groups is 1. The summed E-state index contributed by atoms with van der Waals surface area (Å²) in [6.07, 6.45) is 1.50. The van der Waals surface area contributed by atoms with E-state index in [9.17, 15) is 4.79 Å². The molecule has 2 heterocycles. The summed E-state index contributed by atoms with van der Waals surface area (Å²) in [7, 11) is 0. The molecule has 0 spiro atoms. The molecule has 0 atom stereocenters. The van der Waals surface area contributed by atoms with E-state index in [1.807, 2.05) is 13.8 Å². The molecule has 2 aromatic rings. The first-order chi connectivity index (χ1) is 7.66. The van der Waals surface area contributed by atoms with Crippen LogP contribution in [0.2, 0.25) is 0 Å². The minimum absolute atomic E-state index is 0.0411. The van der Waals surface area contributed by atoms with Gasteiger partial charge < -0.3 is 4.52 Å². The van der Waals surface area contributed by atoms with Gasteiger partial charge in [-0.15, -0.1) is 0 Å². The summed E-state index contributed by atoms with van der Waals surface area (Å²) in [5.41, 5.74) is 0. The minimum atomic E-state index is -0.0411. The Bertz CT molecular complexity index is 474. The van der Waals surface area contributed by atoms with Crippen molar-refractivity contribution in [3.63, 3.8) is 0 Å². The van der Waals surface area contributed by atoms with Gasteiger partial charge in [-0.25, -0.2) is 4.98 Å². The molecular formula is C9H11N5O2. The van der Waals surface area contributed by atoms with Crippen molar-refractivity contribution in [2.75, 3.05) is 0 Å². The van der Waals surface area contributed by atoms with Crippen molar-refractivity contribution < 1.29 is 9.32 Å². The number of aromatic nitrogens is 5. The Morgan fingerprint density at radius 1 is 1.56 bits per heavy atom. The Hall–Kier alpha value is -2.05. The van der Waals surface area contributed by atoms with Gasteiger partial charge in [0.2, 0.25) is 11.7 Å². The number of carbonyl (C=O) groups excluding carboxylic acids is 1. The zero-order valence-corrected chi connectivity index (χ0v) is 8.97. The Labute approximate surface area is 91.3 Å². The Morgan fingerprint density at radius 3 is 3.00 bits per heavy atom. The standard InChI is InChI=1S/C9H11N5O2/c1-5(2)6(15)3-7-12-9(14-16-7)8-10-4-11-13-8/h4-5H,3H2,1-2H3,(H,10,11,13). The first kappa shape index (κ1) is 10.5. The van der Waals surface area contributed by atoms with Gasteiger partial charge in [0.25, 0.3) is 0 Å². The molecule has 0 aliphatic rings. The van der Waals surface area contributed by atoms with Crippen LogP contribution in [0.15, 0.2) is 10.9 Å². The number of Topliss-reactive ketones (excluding diaryl/α,β-unsaturated/α-hetero) is 1. The van der Waals surface area contributed by atoms with Crippen LogP contribution in [0.25, 0.3) is 11.6 Å². The molecule has 2 aromatic heterocycles. The largest absolute Gasteiger partial charge is 0.338 e. The number of aromatic amines is 1. The van der Waals surface area contributed by atoms with Gasteiger partial charge in [-0.05, 0) is 0 Å². The fourth-order valence-electron chi connectivity index (χ4n) is 1.09. The van der Waals surface area contributed by atoms with Crippen molar-refractivity contribution in [1.29, 1.82) is 0 Å². The summed E-state index contributed by atoms with van der Waals surface area (Å²) >= 11 is 0. The van der Waals surface area contributed by atoms with E-state index in [0.717, 1.165) is 0 Å². The number of hydrogen-bond acceptors (Lipinski definition) is 6. The van der Waals surface area contributed by atoms with E-state index in [4.69, 9.17) is 4.52 Å². The second-order valence-electron chi connectivity index (χ2n) is 3.64. The fourth-order valence-corrected chi connectivity index (χ4v) is 1.09. The molecule has 7 nitrogen and oxygen atoms in total. The van der Waals surface area contributed by atoms with Crippen LogP contribution in [0.1, 0.15) is 19.7 Å². The number of ketones is 1. The molecular weight excluding hydrogens is 210 g/mol.